The fraction of sp³-hybridized carbons (Fsp3) is 0.389. The Balaban J connectivity index is 0.914. The second-order valence-corrected chi connectivity index (χ2v) is 14.0. The summed E-state index contributed by atoms with van der Waals surface area (Å²) in [6.07, 6.45) is 3.88. The van der Waals surface area contributed by atoms with E-state index in [4.69, 9.17) is 25.8 Å². The monoisotopic (exact) mass is 716 g/mol. The number of thioether (sulfide) groups is 1. The lowest BCUT2D eigenvalue weighted by Crippen LogP contribution is -2.46. The third-order valence-electron chi connectivity index (χ3n) is 9.32. The van der Waals surface area contributed by atoms with Gasteiger partial charge in [-0.2, -0.15) is 5.10 Å². The van der Waals surface area contributed by atoms with Crippen LogP contribution >= 0.6 is 23.4 Å². The summed E-state index contributed by atoms with van der Waals surface area (Å²) in [6, 6.07) is 24.0. The smallest absolute Gasteiger partial charge is 0.350 e. The number of anilines is 2. The topological polar surface area (TPSA) is 105 Å². The molecule has 2 aliphatic heterocycles. The van der Waals surface area contributed by atoms with Gasteiger partial charge in [-0.25, -0.2) is 14.0 Å². The summed E-state index contributed by atoms with van der Waals surface area (Å²) in [5.41, 5.74) is 3.90. The van der Waals surface area contributed by atoms with Gasteiger partial charge < -0.3 is 28.6 Å². The van der Waals surface area contributed by atoms with Crippen molar-refractivity contribution in [2.75, 3.05) is 54.9 Å². The number of ether oxygens (including phenoxy) is 3. The van der Waals surface area contributed by atoms with Gasteiger partial charge in [0.25, 0.3) is 0 Å². The number of piperazine rings is 1. The zero-order valence-corrected chi connectivity index (χ0v) is 30.0. The van der Waals surface area contributed by atoms with Gasteiger partial charge in [0, 0.05) is 55.2 Å². The SMILES string of the molecule is CC[C@@H](C)n1ncn(-c2ccc(N3CCN(c4ccc(OC[C@H]5CO[C@](CSc6nncn6C)(c6ccc(Cl)cc6)O5)cc4)CC3)cc2)c1=O. The number of hydrogen-bond donors (Lipinski definition) is 0. The van der Waals surface area contributed by atoms with E-state index in [2.05, 4.69) is 56.3 Å². The van der Waals surface area contributed by atoms with E-state index >= 15 is 0 Å². The first-order valence-corrected chi connectivity index (χ1v) is 18.2. The van der Waals surface area contributed by atoms with Crippen LogP contribution in [-0.2, 0) is 22.3 Å². The van der Waals surface area contributed by atoms with Crippen molar-refractivity contribution in [3.05, 3.63) is 107 Å². The molecule has 0 saturated carbocycles. The maximum Gasteiger partial charge on any atom is 0.350 e. The van der Waals surface area contributed by atoms with E-state index in [0.717, 1.165) is 66.1 Å². The van der Waals surface area contributed by atoms with E-state index < -0.39 is 5.79 Å². The summed E-state index contributed by atoms with van der Waals surface area (Å²) in [4.78, 5) is 17.6. The van der Waals surface area contributed by atoms with Gasteiger partial charge in [-0.1, -0.05) is 42.4 Å². The molecule has 0 radical (unpaired) electrons. The van der Waals surface area contributed by atoms with Gasteiger partial charge in [-0.3, -0.25) is 0 Å². The number of rotatable bonds is 12. The van der Waals surface area contributed by atoms with Gasteiger partial charge in [0.2, 0.25) is 5.79 Å². The van der Waals surface area contributed by atoms with Crippen LogP contribution in [0.15, 0.2) is 95.4 Å². The van der Waals surface area contributed by atoms with Crippen LogP contribution in [0.5, 0.6) is 5.75 Å². The first-order valence-electron chi connectivity index (χ1n) is 16.9. The summed E-state index contributed by atoms with van der Waals surface area (Å²) in [7, 11) is 1.91. The normalized spacial score (nSPS) is 20.0. The molecule has 2 fully saturated rings. The van der Waals surface area contributed by atoms with Gasteiger partial charge >= 0.3 is 5.69 Å². The largest absolute Gasteiger partial charge is 0.491 e. The Morgan fingerprint density at radius 3 is 2.20 bits per heavy atom. The number of aromatic nitrogens is 6. The van der Waals surface area contributed by atoms with Gasteiger partial charge in [0.05, 0.1) is 24.1 Å². The Bertz CT molecular complexity index is 1920. The van der Waals surface area contributed by atoms with Crippen molar-refractivity contribution in [3.8, 4) is 11.4 Å². The van der Waals surface area contributed by atoms with Crippen LogP contribution in [0.4, 0.5) is 11.4 Å². The molecule has 3 aromatic carbocycles. The van der Waals surface area contributed by atoms with E-state index in [0.29, 0.717) is 24.0 Å². The fourth-order valence-electron chi connectivity index (χ4n) is 6.18. The van der Waals surface area contributed by atoms with Crippen molar-refractivity contribution >= 4 is 34.7 Å². The number of aryl methyl sites for hydroxylation is 1. The molecular weight excluding hydrogens is 676 g/mol. The molecule has 12 nitrogen and oxygen atoms in total. The lowest BCUT2D eigenvalue weighted by molar-refractivity contribution is -0.160. The van der Waals surface area contributed by atoms with Crippen LogP contribution in [0, 0.1) is 0 Å². The van der Waals surface area contributed by atoms with Crippen LogP contribution in [0.2, 0.25) is 5.02 Å². The molecule has 262 valence electrons. The number of hydrogen-bond acceptors (Lipinski definition) is 10. The van der Waals surface area contributed by atoms with Crippen molar-refractivity contribution in [1.29, 1.82) is 0 Å². The summed E-state index contributed by atoms with van der Waals surface area (Å²) >= 11 is 7.70. The van der Waals surface area contributed by atoms with E-state index in [1.807, 2.05) is 67.1 Å². The highest BCUT2D eigenvalue weighted by molar-refractivity contribution is 7.99. The average molecular weight is 717 g/mol. The number of benzene rings is 3. The highest BCUT2D eigenvalue weighted by Crippen LogP contribution is 2.39. The number of nitrogens with zero attached hydrogens (tertiary/aromatic N) is 8. The average Bonchev–Trinajstić information content (AvgIpc) is 3.88. The predicted molar refractivity (Wildman–Crippen MR) is 195 cm³/mol. The lowest BCUT2D eigenvalue weighted by Gasteiger charge is -2.37. The maximum atomic E-state index is 12.8. The van der Waals surface area contributed by atoms with Crippen molar-refractivity contribution in [2.24, 2.45) is 7.05 Å². The van der Waals surface area contributed by atoms with Crippen molar-refractivity contribution < 1.29 is 14.2 Å². The molecule has 50 heavy (non-hydrogen) atoms. The molecule has 0 amide bonds. The quantitative estimate of drug-likeness (QED) is 0.153. The zero-order valence-electron chi connectivity index (χ0n) is 28.4. The Morgan fingerprint density at radius 1 is 0.940 bits per heavy atom. The highest BCUT2D eigenvalue weighted by atomic mass is 35.5. The van der Waals surface area contributed by atoms with Crippen LogP contribution in [0.1, 0.15) is 31.9 Å². The Labute approximate surface area is 300 Å². The van der Waals surface area contributed by atoms with Crippen LogP contribution < -0.4 is 20.2 Å². The third kappa shape index (κ3) is 7.27. The van der Waals surface area contributed by atoms with Crippen molar-refractivity contribution in [3.63, 3.8) is 0 Å². The molecule has 0 aliphatic carbocycles. The molecule has 0 bridgehead atoms. The molecule has 7 rings (SSSR count). The third-order valence-corrected chi connectivity index (χ3v) is 10.7. The maximum absolute atomic E-state index is 12.8. The molecule has 3 atom stereocenters. The standard InChI is InChI=1S/C36H41ClN8O4S/c1-4-26(2)45-35(46)44(25-39-45)31-11-9-29(10-12-31)42-17-19-43(20-18-42)30-13-15-32(16-14-30)47-21-33-22-48-36(49-33,27-5-7-28(37)8-6-27)23-50-34-40-38-24-41(34)3/h5-16,24-26,33H,4,17-23H2,1-3H3/t26-,33+,36+/m1/s1. The van der Waals surface area contributed by atoms with E-state index in [1.165, 1.54) is 11.8 Å². The van der Waals surface area contributed by atoms with Crippen LogP contribution in [-0.4, -0.2) is 80.4 Å². The fourth-order valence-corrected chi connectivity index (χ4v) is 7.30. The molecule has 0 spiro atoms. The molecular formula is C36H41ClN8O4S. The minimum Gasteiger partial charge on any atom is -0.491 e. The van der Waals surface area contributed by atoms with E-state index in [1.54, 1.807) is 21.9 Å². The molecule has 14 heteroatoms. The van der Waals surface area contributed by atoms with Crippen molar-refractivity contribution in [2.45, 2.75) is 43.4 Å². The first kappa shape index (κ1) is 34.2. The van der Waals surface area contributed by atoms with Crippen LogP contribution in [0.25, 0.3) is 5.69 Å². The Hall–Kier alpha value is -4.30. The molecule has 4 heterocycles. The van der Waals surface area contributed by atoms with Crippen molar-refractivity contribution in [1.82, 2.24) is 29.1 Å². The number of halogens is 1. The molecule has 2 saturated heterocycles. The van der Waals surface area contributed by atoms with E-state index in [-0.39, 0.29) is 17.8 Å². The molecule has 0 unspecified atom stereocenters. The summed E-state index contributed by atoms with van der Waals surface area (Å²) in [5, 5.41) is 13.9. The van der Waals surface area contributed by atoms with Gasteiger partial charge in [0.1, 0.15) is 31.1 Å². The zero-order chi connectivity index (χ0) is 34.7. The Kier molecular flexibility index (Phi) is 10.2. The summed E-state index contributed by atoms with van der Waals surface area (Å²) < 4.78 is 24.1. The molecule has 2 aromatic heterocycles. The summed E-state index contributed by atoms with van der Waals surface area (Å²) in [5.74, 6) is 0.319. The van der Waals surface area contributed by atoms with E-state index in [9.17, 15) is 4.79 Å². The minimum absolute atomic E-state index is 0.0680. The Morgan fingerprint density at radius 2 is 1.58 bits per heavy atom. The highest BCUT2D eigenvalue weighted by Gasteiger charge is 2.44. The molecule has 5 aromatic rings. The molecule has 2 aliphatic rings. The predicted octanol–water partition coefficient (Wildman–Crippen LogP) is 5.55. The first-order chi connectivity index (χ1) is 24.3. The van der Waals surface area contributed by atoms with Gasteiger partial charge in [-0.05, 0) is 74.0 Å². The van der Waals surface area contributed by atoms with Gasteiger partial charge in [0.15, 0.2) is 5.16 Å². The van der Waals surface area contributed by atoms with Crippen LogP contribution in [0.3, 0.4) is 0 Å². The molecule has 0 N–H and O–H groups in total. The minimum atomic E-state index is -0.958. The second-order valence-electron chi connectivity index (χ2n) is 12.6. The lowest BCUT2D eigenvalue weighted by atomic mass is 10.1. The second kappa shape index (κ2) is 14.9. The van der Waals surface area contributed by atoms with Gasteiger partial charge in [-0.15, -0.1) is 10.2 Å². The summed E-state index contributed by atoms with van der Waals surface area (Å²) in [6.45, 7) is 8.40.